The molecule has 0 unspecified atom stereocenters. The van der Waals surface area contributed by atoms with Gasteiger partial charge in [-0.05, 0) is 24.8 Å². The van der Waals surface area contributed by atoms with E-state index in [1.54, 1.807) is 6.92 Å². The van der Waals surface area contributed by atoms with E-state index < -0.39 is 48.1 Å². The molecule has 1 aromatic carbocycles. The number of ether oxygens (including phenoxy) is 2. The van der Waals surface area contributed by atoms with Crippen molar-refractivity contribution in [3.63, 3.8) is 0 Å². The Kier molecular flexibility index (Phi) is 12.8. The summed E-state index contributed by atoms with van der Waals surface area (Å²) in [5.41, 5.74) is 0.884. The van der Waals surface area contributed by atoms with Crippen molar-refractivity contribution in [2.75, 3.05) is 19.8 Å². The van der Waals surface area contributed by atoms with Crippen LogP contribution in [-0.2, 0) is 35.3 Å². The van der Waals surface area contributed by atoms with E-state index in [9.17, 15) is 24.0 Å². The molecule has 2 atom stereocenters. The molecule has 1 heterocycles. The number of aromatic nitrogens is 2. The van der Waals surface area contributed by atoms with Gasteiger partial charge in [-0.25, -0.2) is 4.98 Å². The van der Waals surface area contributed by atoms with Crippen LogP contribution in [0.2, 0.25) is 0 Å². The summed E-state index contributed by atoms with van der Waals surface area (Å²) in [4.78, 5) is 71.6. The molecule has 1 saturated carbocycles. The van der Waals surface area contributed by atoms with Crippen LogP contribution in [0.25, 0.3) is 0 Å². The molecule has 1 aromatic heterocycles. The maximum Gasteiger partial charge on any atom is 0.325 e. The zero-order valence-corrected chi connectivity index (χ0v) is 23.2. The fourth-order valence-corrected chi connectivity index (χ4v) is 4.57. The lowest BCUT2D eigenvalue weighted by atomic mass is 9.84. The monoisotopic (exact) mass is 567 g/mol. The van der Waals surface area contributed by atoms with E-state index in [0.29, 0.717) is 6.42 Å². The third-order valence-electron chi connectivity index (χ3n) is 6.66. The summed E-state index contributed by atoms with van der Waals surface area (Å²) in [6.07, 6.45) is 9.49. The molecule has 220 valence electrons. The SMILES string of the molecule is CCOC(=O)CNC(=O)C(=O)[C@H](COCc1ccccc1)NC(=O)[C@H](CC1CCCCC1)NC(=O)c1cnccn1. The zero-order valence-electron chi connectivity index (χ0n) is 23.2. The predicted molar refractivity (Wildman–Crippen MR) is 147 cm³/mol. The number of carbonyl (C=O) groups excluding carboxylic acids is 5. The molecule has 0 saturated heterocycles. The number of benzene rings is 1. The summed E-state index contributed by atoms with van der Waals surface area (Å²) in [7, 11) is 0. The first-order valence-electron chi connectivity index (χ1n) is 13.8. The van der Waals surface area contributed by atoms with E-state index in [2.05, 4.69) is 25.9 Å². The third kappa shape index (κ3) is 10.7. The number of carbonyl (C=O) groups is 5. The molecule has 41 heavy (non-hydrogen) atoms. The van der Waals surface area contributed by atoms with Gasteiger partial charge in [0.1, 0.15) is 24.3 Å². The van der Waals surface area contributed by atoms with Gasteiger partial charge in [-0.1, -0.05) is 62.4 Å². The average Bonchev–Trinajstić information content (AvgIpc) is 3.00. The lowest BCUT2D eigenvalue weighted by molar-refractivity contribution is -0.146. The molecule has 3 amide bonds. The molecule has 0 aliphatic heterocycles. The quantitative estimate of drug-likeness (QED) is 0.214. The van der Waals surface area contributed by atoms with Gasteiger partial charge < -0.3 is 25.4 Å². The van der Waals surface area contributed by atoms with Gasteiger partial charge in [0.05, 0.1) is 26.0 Å². The standard InChI is InChI=1S/C29H37N5O7/c1-2-41-25(35)17-32-29(39)26(36)24(19-40-18-21-11-7-4-8-12-21)34-27(37)22(15-20-9-5-3-6-10-20)33-28(38)23-16-30-13-14-31-23/h4,7-8,11-14,16,20,22,24H,2-3,5-6,9-10,15,17-19H2,1H3,(H,32,39)(H,33,38)(H,34,37)/t22-,24-/m0/s1. The summed E-state index contributed by atoms with van der Waals surface area (Å²) in [6.45, 7) is 1.08. The fourth-order valence-electron chi connectivity index (χ4n) is 4.57. The lowest BCUT2D eigenvalue weighted by Crippen LogP contribution is -2.56. The molecule has 0 radical (unpaired) electrons. The lowest BCUT2D eigenvalue weighted by Gasteiger charge is -2.28. The van der Waals surface area contributed by atoms with E-state index in [4.69, 9.17) is 9.47 Å². The van der Waals surface area contributed by atoms with Crippen LogP contribution in [0.3, 0.4) is 0 Å². The number of ketones is 1. The summed E-state index contributed by atoms with van der Waals surface area (Å²) >= 11 is 0. The number of Topliss-reactive ketones (excluding diaryl/α,β-unsaturated/α-hetero) is 1. The maximum absolute atomic E-state index is 13.5. The number of hydrogen-bond acceptors (Lipinski definition) is 9. The molecule has 1 aliphatic rings. The minimum absolute atomic E-state index is 0.0473. The summed E-state index contributed by atoms with van der Waals surface area (Å²) < 4.78 is 10.5. The molecular formula is C29H37N5O7. The second kappa shape index (κ2) is 16.8. The Labute approximate surface area is 239 Å². The largest absolute Gasteiger partial charge is 0.465 e. The van der Waals surface area contributed by atoms with Gasteiger partial charge in [-0.15, -0.1) is 0 Å². The molecule has 1 fully saturated rings. The third-order valence-corrected chi connectivity index (χ3v) is 6.66. The highest BCUT2D eigenvalue weighted by molar-refractivity contribution is 6.38. The van der Waals surface area contributed by atoms with Crippen LogP contribution in [0.15, 0.2) is 48.9 Å². The van der Waals surface area contributed by atoms with Crippen LogP contribution in [0.5, 0.6) is 0 Å². The van der Waals surface area contributed by atoms with Crippen molar-refractivity contribution in [2.45, 2.75) is 64.1 Å². The first-order chi connectivity index (χ1) is 19.9. The Morgan fingerprint density at radius 3 is 2.41 bits per heavy atom. The van der Waals surface area contributed by atoms with Crippen molar-refractivity contribution < 1.29 is 33.4 Å². The predicted octanol–water partition coefficient (Wildman–Crippen LogP) is 1.50. The second-order valence-electron chi connectivity index (χ2n) is 9.77. The molecular weight excluding hydrogens is 530 g/mol. The van der Waals surface area contributed by atoms with Crippen molar-refractivity contribution in [2.24, 2.45) is 5.92 Å². The molecule has 3 rings (SSSR count). The number of esters is 1. The number of rotatable bonds is 15. The molecule has 3 N–H and O–H groups in total. The van der Waals surface area contributed by atoms with Crippen LogP contribution in [0.1, 0.15) is 61.5 Å². The number of nitrogens with zero attached hydrogens (tertiary/aromatic N) is 2. The Morgan fingerprint density at radius 2 is 1.73 bits per heavy atom. The highest BCUT2D eigenvalue weighted by Crippen LogP contribution is 2.27. The van der Waals surface area contributed by atoms with Crippen LogP contribution >= 0.6 is 0 Å². The minimum atomic E-state index is -1.37. The topological polar surface area (TPSA) is 166 Å². The molecule has 12 heteroatoms. The van der Waals surface area contributed by atoms with Crippen LogP contribution in [0, 0.1) is 5.92 Å². The van der Waals surface area contributed by atoms with Crippen molar-refractivity contribution in [3.8, 4) is 0 Å². The van der Waals surface area contributed by atoms with Gasteiger partial charge in [0.15, 0.2) is 0 Å². The highest BCUT2D eigenvalue weighted by atomic mass is 16.5. The Bertz CT molecular complexity index is 1160. The Balaban J connectivity index is 1.73. The number of nitrogens with one attached hydrogen (secondary N) is 3. The minimum Gasteiger partial charge on any atom is -0.465 e. The molecule has 1 aliphatic carbocycles. The summed E-state index contributed by atoms with van der Waals surface area (Å²) in [5.74, 6) is -3.77. The van der Waals surface area contributed by atoms with E-state index in [-0.39, 0.29) is 31.4 Å². The van der Waals surface area contributed by atoms with E-state index >= 15 is 0 Å². The van der Waals surface area contributed by atoms with Crippen LogP contribution in [-0.4, -0.2) is 71.3 Å². The van der Waals surface area contributed by atoms with Gasteiger partial charge in [0.25, 0.3) is 11.8 Å². The Hall–Kier alpha value is -4.19. The van der Waals surface area contributed by atoms with Crippen molar-refractivity contribution in [3.05, 3.63) is 60.2 Å². The van der Waals surface area contributed by atoms with Crippen molar-refractivity contribution in [1.29, 1.82) is 0 Å². The maximum atomic E-state index is 13.5. The fraction of sp³-hybridized carbons (Fsp3) is 0.483. The van der Waals surface area contributed by atoms with E-state index in [1.807, 2.05) is 30.3 Å². The molecule has 0 spiro atoms. The number of amides is 3. The van der Waals surface area contributed by atoms with Gasteiger partial charge in [0, 0.05) is 12.4 Å². The summed E-state index contributed by atoms with van der Waals surface area (Å²) in [6, 6.07) is 6.85. The molecule has 12 nitrogen and oxygen atoms in total. The Morgan fingerprint density at radius 1 is 0.976 bits per heavy atom. The average molecular weight is 568 g/mol. The van der Waals surface area contributed by atoms with Gasteiger partial charge >= 0.3 is 5.97 Å². The van der Waals surface area contributed by atoms with Crippen molar-refractivity contribution >= 4 is 29.5 Å². The first kappa shape index (κ1) is 31.3. The smallest absolute Gasteiger partial charge is 0.325 e. The zero-order chi connectivity index (χ0) is 29.5. The van der Waals surface area contributed by atoms with Crippen LogP contribution < -0.4 is 16.0 Å². The van der Waals surface area contributed by atoms with E-state index in [0.717, 1.165) is 37.7 Å². The van der Waals surface area contributed by atoms with Crippen molar-refractivity contribution in [1.82, 2.24) is 25.9 Å². The van der Waals surface area contributed by atoms with Gasteiger partial charge in [-0.3, -0.25) is 29.0 Å². The highest BCUT2D eigenvalue weighted by Gasteiger charge is 2.32. The van der Waals surface area contributed by atoms with Crippen LogP contribution in [0.4, 0.5) is 0 Å². The van der Waals surface area contributed by atoms with E-state index in [1.165, 1.54) is 18.6 Å². The second-order valence-corrected chi connectivity index (χ2v) is 9.77. The summed E-state index contributed by atoms with van der Waals surface area (Å²) in [5, 5.41) is 7.55. The van der Waals surface area contributed by atoms with Gasteiger partial charge in [0.2, 0.25) is 11.7 Å². The normalized spacial score (nSPS) is 14.8. The number of hydrogen-bond donors (Lipinski definition) is 3. The van der Waals surface area contributed by atoms with Gasteiger partial charge in [-0.2, -0.15) is 0 Å². The first-order valence-corrected chi connectivity index (χ1v) is 13.8. The molecule has 2 aromatic rings. The molecule has 0 bridgehead atoms.